The van der Waals surface area contributed by atoms with Crippen LogP contribution in [0.3, 0.4) is 0 Å². The Morgan fingerprint density at radius 3 is 1.70 bits per heavy atom. The highest BCUT2D eigenvalue weighted by atomic mass is 16.6. The fourth-order valence-corrected chi connectivity index (χ4v) is 6.44. The lowest BCUT2D eigenvalue weighted by Crippen LogP contribution is -2.56. The van der Waals surface area contributed by atoms with Gasteiger partial charge in [-0.1, -0.05) is 133 Å². The molecule has 3 unspecified atom stereocenters. The molecule has 1 saturated heterocycles. The Labute approximate surface area is 317 Å². The number of benzene rings is 4. The van der Waals surface area contributed by atoms with E-state index in [4.69, 9.17) is 34.0 Å². The normalized spacial score (nSPS) is 22.1. The molecule has 0 amide bonds. The molecule has 284 valence electrons. The lowest BCUT2D eigenvalue weighted by Gasteiger charge is -2.40. The number of carbonyl (C=O) groups is 2. The van der Waals surface area contributed by atoms with Crippen molar-refractivity contribution in [2.75, 3.05) is 13.2 Å². The van der Waals surface area contributed by atoms with Crippen LogP contribution < -0.4 is 0 Å². The van der Waals surface area contributed by atoms with Crippen molar-refractivity contribution in [3.8, 4) is 0 Å². The van der Waals surface area contributed by atoms with Gasteiger partial charge in [-0.3, -0.25) is 9.59 Å². The Hall–Kier alpha value is -5.03. The minimum Gasteiger partial charge on any atom is -0.463 e. The van der Waals surface area contributed by atoms with Crippen LogP contribution in [-0.4, -0.2) is 55.6 Å². The summed E-state index contributed by atoms with van der Waals surface area (Å²) in [5.41, 5.74) is 13.2. The van der Waals surface area contributed by atoms with Crippen molar-refractivity contribution < 1.29 is 38.0 Å². The quantitative estimate of drug-likeness (QED) is 0.0515. The number of hydrogen-bond acceptors (Lipinski definition) is 9. The number of carbonyl (C=O) groups excluding carboxylic acids is 2. The van der Waals surface area contributed by atoms with Crippen molar-refractivity contribution in [2.24, 2.45) is 11.0 Å². The lowest BCUT2D eigenvalue weighted by molar-refractivity contribution is -0.204. The molecule has 0 N–H and O–H groups in total. The van der Waals surface area contributed by atoms with Crippen molar-refractivity contribution in [1.82, 2.24) is 0 Å². The molecule has 4 aromatic rings. The molecular weight excluding hydrogens is 686 g/mol. The zero-order chi connectivity index (χ0) is 37.8. The van der Waals surface area contributed by atoms with Crippen molar-refractivity contribution in [3.63, 3.8) is 0 Å². The average molecular weight is 736 g/mol. The molecule has 1 aliphatic carbocycles. The maximum Gasteiger partial charge on any atom is 0.309 e. The Kier molecular flexibility index (Phi) is 16.5. The van der Waals surface area contributed by atoms with E-state index in [1.807, 2.05) is 109 Å². The number of nitrogens with zero attached hydrogens (tertiary/aromatic N) is 3. The summed E-state index contributed by atoms with van der Waals surface area (Å²) < 4.78 is 34.8. The van der Waals surface area contributed by atoms with Gasteiger partial charge in [-0.05, 0) is 47.0 Å². The zero-order valence-electron chi connectivity index (χ0n) is 30.7. The first-order valence-electron chi connectivity index (χ1n) is 18.4. The topological polar surface area (TPSA) is 138 Å². The third-order valence-corrected chi connectivity index (χ3v) is 9.28. The van der Waals surface area contributed by atoms with Gasteiger partial charge in [-0.2, -0.15) is 0 Å². The largest absolute Gasteiger partial charge is 0.463 e. The summed E-state index contributed by atoms with van der Waals surface area (Å²) in [4.78, 5) is 26.6. The monoisotopic (exact) mass is 735 g/mol. The fourth-order valence-electron chi connectivity index (χ4n) is 6.44. The predicted molar refractivity (Wildman–Crippen MR) is 203 cm³/mol. The Balaban J connectivity index is 0.000000213. The first-order valence-corrected chi connectivity index (χ1v) is 18.4. The molecule has 1 aliphatic heterocycles. The van der Waals surface area contributed by atoms with E-state index >= 15 is 0 Å². The number of esters is 2. The van der Waals surface area contributed by atoms with Crippen LogP contribution in [0.25, 0.3) is 10.4 Å². The highest BCUT2D eigenvalue weighted by Gasteiger charge is 2.42. The predicted octanol–water partition coefficient (Wildman–Crippen LogP) is 8.30. The molecule has 0 radical (unpaired) electrons. The molecule has 1 heterocycles. The van der Waals surface area contributed by atoms with Crippen LogP contribution in [0, 0.1) is 5.92 Å². The molecule has 6 rings (SSSR count). The van der Waals surface area contributed by atoms with Crippen LogP contribution in [0.4, 0.5) is 0 Å². The molecule has 11 nitrogen and oxygen atoms in total. The Bertz CT molecular complexity index is 1730. The summed E-state index contributed by atoms with van der Waals surface area (Å²) in [6.07, 6.45) is 2.17. The van der Waals surface area contributed by atoms with Gasteiger partial charge in [0.05, 0.1) is 50.6 Å². The molecule has 0 bridgehead atoms. The van der Waals surface area contributed by atoms with Crippen LogP contribution in [0.5, 0.6) is 0 Å². The molecule has 1 saturated carbocycles. The lowest BCUT2D eigenvalue weighted by atomic mass is 9.87. The molecule has 54 heavy (non-hydrogen) atoms. The highest BCUT2D eigenvalue weighted by Crippen LogP contribution is 2.29. The number of azide groups is 1. The van der Waals surface area contributed by atoms with E-state index in [0.717, 1.165) is 42.4 Å². The summed E-state index contributed by atoms with van der Waals surface area (Å²) in [7, 11) is 0. The second-order valence-corrected chi connectivity index (χ2v) is 13.3. The van der Waals surface area contributed by atoms with E-state index < -0.39 is 30.3 Å². The fraction of sp³-hybridized carbons (Fsp3) is 0.395. The molecule has 4 aromatic carbocycles. The van der Waals surface area contributed by atoms with E-state index in [1.165, 1.54) is 12.5 Å². The highest BCUT2D eigenvalue weighted by molar-refractivity contribution is 5.72. The van der Waals surface area contributed by atoms with E-state index in [2.05, 4.69) is 22.2 Å². The smallest absolute Gasteiger partial charge is 0.309 e. The second-order valence-electron chi connectivity index (χ2n) is 13.3. The maximum atomic E-state index is 12.3. The van der Waals surface area contributed by atoms with Crippen LogP contribution >= 0.6 is 0 Å². The van der Waals surface area contributed by atoms with E-state index in [9.17, 15) is 9.59 Å². The standard InChI is InChI=1S/C22H25N3O5.C21H24O3/c1-16(26)27-15-20-22(30-13-18-10-6-3-7-11-18)21(19(14-28-20)24-25-23)29-12-17-8-4-2-5-9-17;22-21(24-16-18-10-5-2-6-11-18)19-12-7-13-20(14-19)23-15-17-8-3-1-4-9-17/h2-11,19-22H,12-15H2,1H3;1-6,8-11,19-20H,7,12-16H2/t19?,20?,21-,22-;19?,20-/m00/s1. The Morgan fingerprint density at radius 1 is 0.685 bits per heavy atom. The summed E-state index contributed by atoms with van der Waals surface area (Å²) in [6, 6.07) is 38.8. The van der Waals surface area contributed by atoms with Crippen molar-refractivity contribution in [1.29, 1.82) is 0 Å². The van der Waals surface area contributed by atoms with Gasteiger partial charge in [0.25, 0.3) is 0 Å². The molecule has 0 spiro atoms. The van der Waals surface area contributed by atoms with Crippen molar-refractivity contribution in [2.45, 2.75) is 89.5 Å². The SMILES string of the molecule is CC(=O)OCC1OCC(N=[N+]=[N-])[C@H](OCc2ccccc2)[C@H]1OCc1ccccc1.O=C(OCc1ccccc1)C1CCC[C@H](OCc2ccccc2)C1. The molecule has 11 heteroatoms. The van der Waals surface area contributed by atoms with Gasteiger partial charge in [0.1, 0.15) is 25.4 Å². The number of ether oxygens (including phenoxy) is 6. The van der Waals surface area contributed by atoms with Crippen LogP contribution in [0.15, 0.2) is 126 Å². The third kappa shape index (κ3) is 13.4. The molecular formula is C43H49N3O8. The van der Waals surface area contributed by atoms with E-state index in [1.54, 1.807) is 0 Å². The van der Waals surface area contributed by atoms with Crippen LogP contribution in [-0.2, 0) is 64.4 Å². The van der Waals surface area contributed by atoms with Crippen LogP contribution in [0.2, 0.25) is 0 Å². The Morgan fingerprint density at radius 2 is 1.19 bits per heavy atom. The number of hydrogen-bond donors (Lipinski definition) is 0. The minimum absolute atomic E-state index is 0.0307. The third-order valence-electron chi connectivity index (χ3n) is 9.28. The molecule has 2 aliphatic rings. The average Bonchev–Trinajstić information content (AvgIpc) is 3.22. The van der Waals surface area contributed by atoms with Crippen molar-refractivity contribution >= 4 is 11.9 Å². The summed E-state index contributed by atoms with van der Waals surface area (Å²) >= 11 is 0. The van der Waals surface area contributed by atoms with Gasteiger partial charge >= 0.3 is 11.9 Å². The van der Waals surface area contributed by atoms with Crippen molar-refractivity contribution in [3.05, 3.63) is 154 Å². The number of rotatable bonds is 15. The second kappa shape index (κ2) is 22.2. The first kappa shape index (κ1) is 40.2. The molecule has 0 aromatic heterocycles. The van der Waals surface area contributed by atoms with Gasteiger partial charge in [-0.15, -0.1) is 0 Å². The van der Waals surface area contributed by atoms with E-state index in [0.29, 0.717) is 26.4 Å². The van der Waals surface area contributed by atoms with Gasteiger partial charge in [0.15, 0.2) is 0 Å². The maximum absolute atomic E-state index is 12.3. The van der Waals surface area contributed by atoms with Gasteiger partial charge < -0.3 is 28.4 Å². The van der Waals surface area contributed by atoms with Gasteiger partial charge in [-0.25, -0.2) is 0 Å². The molecule has 2 fully saturated rings. The summed E-state index contributed by atoms with van der Waals surface area (Å²) in [6.45, 7) is 3.13. The van der Waals surface area contributed by atoms with Crippen LogP contribution in [0.1, 0.15) is 54.9 Å². The summed E-state index contributed by atoms with van der Waals surface area (Å²) in [5, 5.41) is 3.86. The van der Waals surface area contributed by atoms with Gasteiger partial charge in [0.2, 0.25) is 0 Å². The summed E-state index contributed by atoms with van der Waals surface area (Å²) in [5.74, 6) is -0.533. The zero-order valence-corrected chi connectivity index (χ0v) is 30.7. The van der Waals surface area contributed by atoms with Gasteiger partial charge in [0, 0.05) is 11.8 Å². The minimum atomic E-state index is -0.586. The first-order chi connectivity index (χ1) is 26.5. The molecule has 6 atom stereocenters. The van der Waals surface area contributed by atoms with E-state index in [-0.39, 0.29) is 31.2 Å².